The number of amides is 2. The quantitative estimate of drug-likeness (QED) is 0.850. The molecule has 2 aromatic rings. The van der Waals surface area contributed by atoms with Gasteiger partial charge in [-0.25, -0.2) is 14.8 Å². The first kappa shape index (κ1) is 17.6. The minimum Gasteiger partial charge on any atom is -0.435 e. The molecule has 6 nitrogen and oxygen atoms in total. The molecule has 128 valence electrons. The Labute approximate surface area is 138 Å². The number of nitrogens with zero attached hydrogens (tertiary/aromatic N) is 2. The molecule has 8 heteroatoms. The van der Waals surface area contributed by atoms with Crippen LogP contribution < -0.4 is 15.4 Å². The minimum atomic E-state index is -2.86. The van der Waals surface area contributed by atoms with Crippen molar-refractivity contribution in [3.63, 3.8) is 0 Å². The molecule has 2 rings (SSSR count). The van der Waals surface area contributed by atoms with Gasteiger partial charge in [0.2, 0.25) is 0 Å². The van der Waals surface area contributed by atoms with E-state index in [0.29, 0.717) is 11.5 Å². The van der Waals surface area contributed by atoms with Crippen molar-refractivity contribution in [2.45, 2.75) is 33.0 Å². The van der Waals surface area contributed by atoms with E-state index in [1.807, 2.05) is 0 Å². The Morgan fingerprint density at radius 3 is 2.58 bits per heavy atom. The molecule has 1 atom stereocenters. The van der Waals surface area contributed by atoms with E-state index in [9.17, 15) is 13.6 Å². The summed E-state index contributed by atoms with van der Waals surface area (Å²) in [6.07, 6.45) is 1.63. The Hall–Kier alpha value is -2.77. The Bertz CT molecular complexity index is 680. The first-order chi connectivity index (χ1) is 11.4. The van der Waals surface area contributed by atoms with Gasteiger partial charge in [-0.3, -0.25) is 0 Å². The molecular formula is C16H18F2N4O2. The van der Waals surface area contributed by atoms with Crippen LogP contribution in [0.2, 0.25) is 0 Å². The number of hydrogen-bond donors (Lipinski definition) is 2. The van der Waals surface area contributed by atoms with Crippen LogP contribution in [0.1, 0.15) is 30.0 Å². The molecule has 1 heterocycles. The lowest BCUT2D eigenvalue weighted by molar-refractivity contribution is -0.0498. The van der Waals surface area contributed by atoms with Gasteiger partial charge in [-0.15, -0.1) is 0 Å². The first-order valence-electron chi connectivity index (χ1n) is 7.31. The number of nitrogens with one attached hydrogen (secondary N) is 2. The summed E-state index contributed by atoms with van der Waals surface area (Å²) in [6, 6.07) is 7.18. The molecule has 2 amide bonds. The summed E-state index contributed by atoms with van der Waals surface area (Å²) in [4.78, 5) is 20.1. The third-order valence-electron chi connectivity index (χ3n) is 3.22. The van der Waals surface area contributed by atoms with Gasteiger partial charge in [-0.2, -0.15) is 8.78 Å². The van der Waals surface area contributed by atoms with Gasteiger partial charge in [0.15, 0.2) is 0 Å². The lowest BCUT2D eigenvalue weighted by Gasteiger charge is -2.15. The van der Waals surface area contributed by atoms with Gasteiger partial charge in [-0.1, -0.05) is 12.1 Å². The number of ether oxygens (including phenoxy) is 1. The second-order valence-corrected chi connectivity index (χ2v) is 5.09. The minimum absolute atomic E-state index is 0.0736. The second-order valence-electron chi connectivity index (χ2n) is 5.09. The predicted octanol–water partition coefficient (Wildman–Crippen LogP) is 2.95. The molecule has 0 aliphatic carbocycles. The van der Waals surface area contributed by atoms with Gasteiger partial charge in [0.05, 0.1) is 18.3 Å². The zero-order valence-electron chi connectivity index (χ0n) is 13.3. The van der Waals surface area contributed by atoms with Crippen LogP contribution >= 0.6 is 0 Å². The fourth-order valence-electron chi connectivity index (χ4n) is 2.04. The van der Waals surface area contributed by atoms with Crippen LogP contribution in [0.4, 0.5) is 13.6 Å². The summed E-state index contributed by atoms with van der Waals surface area (Å²) in [5.74, 6) is 0.707. The van der Waals surface area contributed by atoms with E-state index in [-0.39, 0.29) is 24.4 Å². The average Bonchev–Trinajstić information content (AvgIpc) is 2.53. The van der Waals surface area contributed by atoms with Crippen molar-refractivity contribution in [2.75, 3.05) is 0 Å². The van der Waals surface area contributed by atoms with Gasteiger partial charge in [0.25, 0.3) is 0 Å². The van der Waals surface area contributed by atoms with Gasteiger partial charge in [-0.05, 0) is 37.6 Å². The van der Waals surface area contributed by atoms with Crippen molar-refractivity contribution in [1.29, 1.82) is 0 Å². The summed E-state index contributed by atoms with van der Waals surface area (Å²) >= 11 is 0. The summed E-state index contributed by atoms with van der Waals surface area (Å²) in [5.41, 5.74) is 1.48. The fraction of sp³-hybridized carbons (Fsp3) is 0.312. The summed E-state index contributed by atoms with van der Waals surface area (Å²) in [5, 5.41) is 5.46. The first-order valence-corrected chi connectivity index (χ1v) is 7.31. The molecule has 1 aromatic heterocycles. The monoisotopic (exact) mass is 336 g/mol. The SMILES string of the molecule is Cc1nccc(CNC(=O)N[C@H](C)c2ccc(OC(F)F)cc2)n1. The number of halogens is 2. The van der Waals surface area contributed by atoms with Gasteiger partial charge >= 0.3 is 12.6 Å². The standard InChI is InChI=1S/C16H18F2N4O2/c1-10(12-3-5-14(6-4-12)24-15(17)18)21-16(23)20-9-13-7-8-19-11(2)22-13/h3-8,10,15H,9H2,1-2H3,(H2,20,21,23)/t10-/m1/s1. The molecule has 24 heavy (non-hydrogen) atoms. The van der Waals surface area contributed by atoms with Crippen LogP contribution in [0.25, 0.3) is 0 Å². The molecule has 0 radical (unpaired) electrons. The molecule has 0 unspecified atom stereocenters. The maximum Gasteiger partial charge on any atom is 0.387 e. The van der Waals surface area contributed by atoms with Crippen molar-refractivity contribution in [1.82, 2.24) is 20.6 Å². The molecule has 0 saturated carbocycles. The Morgan fingerprint density at radius 1 is 1.25 bits per heavy atom. The van der Waals surface area contributed by atoms with Crippen LogP contribution in [-0.4, -0.2) is 22.6 Å². The Morgan fingerprint density at radius 2 is 1.96 bits per heavy atom. The highest BCUT2D eigenvalue weighted by Gasteiger charge is 2.10. The van der Waals surface area contributed by atoms with E-state index < -0.39 is 6.61 Å². The van der Waals surface area contributed by atoms with Crippen LogP contribution in [0.15, 0.2) is 36.5 Å². The number of carbonyl (C=O) groups excluding carboxylic acids is 1. The van der Waals surface area contributed by atoms with Crippen molar-refractivity contribution in [3.05, 3.63) is 53.6 Å². The van der Waals surface area contributed by atoms with Crippen molar-refractivity contribution >= 4 is 6.03 Å². The number of alkyl halides is 2. The van der Waals surface area contributed by atoms with E-state index >= 15 is 0 Å². The topological polar surface area (TPSA) is 76.1 Å². The van der Waals surface area contributed by atoms with Crippen molar-refractivity contribution in [2.24, 2.45) is 0 Å². The average molecular weight is 336 g/mol. The Kier molecular flexibility index (Phi) is 6.00. The molecule has 1 aromatic carbocycles. The molecule has 0 saturated heterocycles. The molecule has 0 aliphatic heterocycles. The zero-order valence-corrected chi connectivity index (χ0v) is 13.3. The third-order valence-corrected chi connectivity index (χ3v) is 3.22. The van der Waals surface area contributed by atoms with E-state index in [0.717, 1.165) is 5.56 Å². The lowest BCUT2D eigenvalue weighted by atomic mass is 10.1. The van der Waals surface area contributed by atoms with E-state index in [4.69, 9.17) is 0 Å². The number of aryl methyl sites for hydroxylation is 1. The summed E-state index contributed by atoms with van der Waals surface area (Å²) in [7, 11) is 0. The number of hydrogen-bond acceptors (Lipinski definition) is 4. The molecule has 0 fully saturated rings. The predicted molar refractivity (Wildman–Crippen MR) is 83.6 cm³/mol. The van der Waals surface area contributed by atoms with Gasteiger partial charge < -0.3 is 15.4 Å². The third kappa shape index (κ3) is 5.45. The number of carbonyl (C=O) groups is 1. The lowest BCUT2D eigenvalue weighted by Crippen LogP contribution is -2.36. The van der Waals surface area contributed by atoms with E-state index in [1.165, 1.54) is 12.1 Å². The molecule has 0 aliphatic rings. The summed E-state index contributed by atoms with van der Waals surface area (Å²) < 4.78 is 28.5. The normalized spacial score (nSPS) is 11.9. The number of rotatable bonds is 6. The van der Waals surface area contributed by atoms with E-state index in [2.05, 4.69) is 25.3 Å². The van der Waals surface area contributed by atoms with Crippen molar-refractivity contribution < 1.29 is 18.3 Å². The molecule has 2 N–H and O–H groups in total. The maximum atomic E-state index is 12.1. The highest BCUT2D eigenvalue weighted by Crippen LogP contribution is 2.19. The molecule has 0 bridgehead atoms. The Balaban J connectivity index is 1.84. The van der Waals surface area contributed by atoms with E-state index in [1.54, 1.807) is 38.2 Å². The zero-order chi connectivity index (χ0) is 17.5. The van der Waals surface area contributed by atoms with Gasteiger partial charge in [0, 0.05) is 6.20 Å². The number of benzene rings is 1. The van der Waals surface area contributed by atoms with Crippen LogP contribution in [0, 0.1) is 6.92 Å². The smallest absolute Gasteiger partial charge is 0.387 e. The van der Waals surface area contributed by atoms with Crippen LogP contribution in [-0.2, 0) is 6.54 Å². The highest BCUT2D eigenvalue weighted by atomic mass is 19.3. The number of aromatic nitrogens is 2. The number of urea groups is 1. The fourth-order valence-corrected chi connectivity index (χ4v) is 2.04. The second kappa shape index (κ2) is 8.19. The molecular weight excluding hydrogens is 318 g/mol. The highest BCUT2D eigenvalue weighted by molar-refractivity contribution is 5.74. The van der Waals surface area contributed by atoms with Crippen LogP contribution in [0.3, 0.4) is 0 Å². The van der Waals surface area contributed by atoms with Crippen molar-refractivity contribution in [3.8, 4) is 5.75 Å². The molecule has 0 spiro atoms. The largest absolute Gasteiger partial charge is 0.435 e. The van der Waals surface area contributed by atoms with Crippen LogP contribution in [0.5, 0.6) is 5.75 Å². The van der Waals surface area contributed by atoms with Gasteiger partial charge in [0.1, 0.15) is 11.6 Å². The maximum absolute atomic E-state index is 12.1. The summed E-state index contributed by atoms with van der Waals surface area (Å²) in [6.45, 7) is 0.982.